The van der Waals surface area contributed by atoms with Gasteiger partial charge in [-0.1, -0.05) is 20.8 Å². The first-order valence-electron chi connectivity index (χ1n) is 7.84. The zero-order chi connectivity index (χ0) is 13.8. The highest BCUT2D eigenvalue weighted by atomic mass is 16.2. The van der Waals surface area contributed by atoms with E-state index < -0.39 is 0 Å². The molecule has 0 bridgehead atoms. The van der Waals surface area contributed by atoms with E-state index in [1.54, 1.807) is 0 Å². The minimum atomic E-state index is 0.0655. The van der Waals surface area contributed by atoms with Crippen LogP contribution in [0.2, 0.25) is 0 Å². The molecule has 0 aromatic heterocycles. The Morgan fingerprint density at radius 2 is 2.00 bits per heavy atom. The van der Waals surface area contributed by atoms with E-state index in [4.69, 9.17) is 0 Å². The molecule has 0 aromatic carbocycles. The maximum absolute atomic E-state index is 12.3. The lowest BCUT2D eigenvalue weighted by molar-refractivity contribution is -0.129. The molecular formula is C15H29N3O. The summed E-state index contributed by atoms with van der Waals surface area (Å²) in [7, 11) is 0. The predicted molar refractivity (Wildman–Crippen MR) is 77.8 cm³/mol. The number of amides is 1. The van der Waals surface area contributed by atoms with E-state index in [-0.39, 0.29) is 6.04 Å². The molecule has 2 rings (SSSR count). The summed E-state index contributed by atoms with van der Waals surface area (Å²) in [4.78, 5) is 16.8. The second-order valence-electron chi connectivity index (χ2n) is 6.48. The van der Waals surface area contributed by atoms with Crippen LogP contribution in [-0.2, 0) is 4.79 Å². The highest BCUT2D eigenvalue weighted by Crippen LogP contribution is 2.20. The zero-order valence-electron chi connectivity index (χ0n) is 12.7. The number of hydrogen-bond donors (Lipinski definition) is 1. The Hall–Kier alpha value is -0.610. The Balaban J connectivity index is 1.76. The van der Waals surface area contributed by atoms with Gasteiger partial charge in [0.25, 0.3) is 0 Å². The fourth-order valence-electron chi connectivity index (χ4n) is 3.21. The average Bonchev–Trinajstić information content (AvgIpc) is 2.72. The smallest absolute Gasteiger partial charge is 0.240 e. The molecule has 4 nitrogen and oxygen atoms in total. The summed E-state index contributed by atoms with van der Waals surface area (Å²) in [6, 6.07) is 0.0655. The number of likely N-dealkylation sites (tertiary alicyclic amines) is 1. The molecular weight excluding hydrogens is 238 g/mol. The van der Waals surface area contributed by atoms with Gasteiger partial charge < -0.3 is 9.80 Å². The van der Waals surface area contributed by atoms with E-state index in [1.165, 1.54) is 25.9 Å². The average molecular weight is 267 g/mol. The molecule has 2 fully saturated rings. The fraction of sp³-hybridized carbons (Fsp3) is 0.933. The van der Waals surface area contributed by atoms with Crippen LogP contribution < -0.4 is 5.32 Å². The van der Waals surface area contributed by atoms with E-state index >= 15 is 0 Å². The summed E-state index contributed by atoms with van der Waals surface area (Å²) in [6.45, 7) is 11.9. The van der Waals surface area contributed by atoms with Crippen LogP contribution in [0.3, 0.4) is 0 Å². The van der Waals surface area contributed by atoms with E-state index in [2.05, 4.69) is 31.0 Å². The number of carbonyl (C=O) groups excluding carboxylic acids is 1. The van der Waals surface area contributed by atoms with Gasteiger partial charge >= 0.3 is 0 Å². The lowest BCUT2D eigenvalue weighted by atomic mass is 9.96. The van der Waals surface area contributed by atoms with Crippen molar-refractivity contribution in [2.24, 2.45) is 11.8 Å². The van der Waals surface area contributed by atoms with Crippen molar-refractivity contribution in [3.05, 3.63) is 0 Å². The lowest BCUT2D eigenvalue weighted by Crippen LogP contribution is -2.40. The van der Waals surface area contributed by atoms with Crippen molar-refractivity contribution in [1.82, 2.24) is 15.1 Å². The van der Waals surface area contributed by atoms with Crippen molar-refractivity contribution in [1.29, 1.82) is 0 Å². The van der Waals surface area contributed by atoms with Gasteiger partial charge in [0.15, 0.2) is 0 Å². The SMILES string of the molecule is CCN1CCC(CN2CNC(CC(C)C)C2=O)CC1. The van der Waals surface area contributed by atoms with E-state index in [9.17, 15) is 4.79 Å². The number of piperidine rings is 1. The van der Waals surface area contributed by atoms with Crippen molar-refractivity contribution in [2.75, 3.05) is 32.8 Å². The summed E-state index contributed by atoms with van der Waals surface area (Å²) < 4.78 is 0. The highest BCUT2D eigenvalue weighted by molar-refractivity contribution is 5.83. The largest absolute Gasteiger partial charge is 0.328 e. The summed E-state index contributed by atoms with van der Waals surface area (Å²) >= 11 is 0. The van der Waals surface area contributed by atoms with Gasteiger partial charge in [-0.15, -0.1) is 0 Å². The molecule has 0 aliphatic carbocycles. The van der Waals surface area contributed by atoms with Gasteiger partial charge in [-0.2, -0.15) is 0 Å². The second-order valence-corrected chi connectivity index (χ2v) is 6.48. The molecule has 0 radical (unpaired) electrons. The number of rotatable bonds is 5. The van der Waals surface area contributed by atoms with Crippen molar-refractivity contribution in [3.63, 3.8) is 0 Å². The predicted octanol–water partition coefficient (Wildman–Crippen LogP) is 1.52. The van der Waals surface area contributed by atoms with Crippen molar-refractivity contribution in [2.45, 2.75) is 46.1 Å². The molecule has 2 aliphatic rings. The van der Waals surface area contributed by atoms with Crippen LogP contribution in [0.25, 0.3) is 0 Å². The van der Waals surface area contributed by atoms with Crippen LogP contribution in [0.1, 0.15) is 40.0 Å². The Bertz CT molecular complexity index is 298. The minimum absolute atomic E-state index is 0.0655. The van der Waals surface area contributed by atoms with Crippen LogP contribution in [0, 0.1) is 11.8 Å². The number of carbonyl (C=O) groups is 1. The zero-order valence-corrected chi connectivity index (χ0v) is 12.7. The van der Waals surface area contributed by atoms with Crippen LogP contribution >= 0.6 is 0 Å². The first-order valence-corrected chi connectivity index (χ1v) is 7.84. The monoisotopic (exact) mass is 267 g/mol. The minimum Gasteiger partial charge on any atom is -0.328 e. The highest BCUT2D eigenvalue weighted by Gasteiger charge is 2.33. The summed E-state index contributed by atoms with van der Waals surface area (Å²) in [5.41, 5.74) is 0. The topological polar surface area (TPSA) is 35.6 Å². The molecule has 1 atom stereocenters. The van der Waals surface area contributed by atoms with Gasteiger partial charge in [0.2, 0.25) is 5.91 Å². The first-order chi connectivity index (χ1) is 9.10. The fourth-order valence-corrected chi connectivity index (χ4v) is 3.21. The molecule has 19 heavy (non-hydrogen) atoms. The second kappa shape index (κ2) is 6.71. The molecule has 110 valence electrons. The number of nitrogens with one attached hydrogen (secondary N) is 1. The first kappa shape index (κ1) is 14.8. The Morgan fingerprint density at radius 3 is 2.58 bits per heavy atom. The van der Waals surface area contributed by atoms with Crippen molar-refractivity contribution in [3.8, 4) is 0 Å². The molecule has 2 heterocycles. The van der Waals surface area contributed by atoms with Crippen LogP contribution in [-0.4, -0.2) is 54.6 Å². The van der Waals surface area contributed by atoms with E-state index in [1.807, 2.05) is 4.90 Å². The van der Waals surface area contributed by atoms with Crippen molar-refractivity contribution < 1.29 is 4.79 Å². The lowest BCUT2D eigenvalue weighted by Gasteiger charge is -2.33. The third kappa shape index (κ3) is 3.93. The van der Waals surface area contributed by atoms with Crippen LogP contribution in [0.4, 0.5) is 0 Å². The third-order valence-electron chi connectivity index (χ3n) is 4.48. The molecule has 2 saturated heterocycles. The Morgan fingerprint density at radius 1 is 1.32 bits per heavy atom. The standard InChI is InChI=1S/C15H29N3O/c1-4-17-7-5-13(6-8-17)10-18-11-16-14(15(18)19)9-12(2)3/h12-14,16H,4-11H2,1-3H3. The molecule has 1 amide bonds. The van der Waals surface area contributed by atoms with Gasteiger partial charge in [-0.3, -0.25) is 10.1 Å². The quantitative estimate of drug-likeness (QED) is 0.820. The molecule has 0 saturated carbocycles. The number of nitrogens with zero attached hydrogens (tertiary/aromatic N) is 2. The summed E-state index contributed by atoms with van der Waals surface area (Å²) in [6.07, 6.45) is 3.45. The molecule has 1 unspecified atom stereocenters. The molecule has 2 aliphatic heterocycles. The van der Waals surface area contributed by atoms with Crippen LogP contribution in [0.5, 0.6) is 0 Å². The Kier molecular flexibility index (Phi) is 5.22. The third-order valence-corrected chi connectivity index (χ3v) is 4.48. The van der Waals surface area contributed by atoms with Crippen LogP contribution in [0.15, 0.2) is 0 Å². The van der Waals surface area contributed by atoms with Gasteiger partial charge in [0, 0.05) is 6.54 Å². The van der Waals surface area contributed by atoms with E-state index in [0.29, 0.717) is 17.7 Å². The maximum Gasteiger partial charge on any atom is 0.240 e. The van der Waals surface area contributed by atoms with E-state index in [0.717, 1.165) is 26.2 Å². The maximum atomic E-state index is 12.3. The van der Waals surface area contributed by atoms with Gasteiger partial charge in [0.1, 0.15) is 0 Å². The number of hydrogen-bond acceptors (Lipinski definition) is 3. The molecule has 4 heteroatoms. The Labute approximate surface area is 117 Å². The summed E-state index contributed by atoms with van der Waals surface area (Å²) in [5.74, 6) is 1.60. The summed E-state index contributed by atoms with van der Waals surface area (Å²) in [5, 5.41) is 3.36. The van der Waals surface area contributed by atoms with Gasteiger partial charge in [0.05, 0.1) is 12.7 Å². The molecule has 0 spiro atoms. The van der Waals surface area contributed by atoms with Gasteiger partial charge in [-0.05, 0) is 50.7 Å². The van der Waals surface area contributed by atoms with Gasteiger partial charge in [-0.25, -0.2) is 0 Å². The van der Waals surface area contributed by atoms with Crippen molar-refractivity contribution >= 4 is 5.91 Å². The molecule has 0 aromatic rings. The normalized spacial score (nSPS) is 26.6. The molecule has 1 N–H and O–H groups in total.